The molecule has 11 nitrogen and oxygen atoms in total. The van der Waals surface area contributed by atoms with E-state index in [4.69, 9.17) is 15.2 Å². The van der Waals surface area contributed by atoms with Gasteiger partial charge in [0.25, 0.3) is 5.91 Å². The maximum Gasteiger partial charge on any atom is 0.254 e. The van der Waals surface area contributed by atoms with Gasteiger partial charge < -0.3 is 30.3 Å². The molecule has 4 rings (SSSR count). The molecule has 0 saturated carbocycles. The number of nitrogens with two attached hydrogens (primary N) is 1. The van der Waals surface area contributed by atoms with Crippen LogP contribution in [0.5, 0.6) is 5.75 Å². The molecule has 1 aliphatic heterocycles. The van der Waals surface area contributed by atoms with E-state index in [-0.39, 0.29) is 11.9 Å². The van der Waals surface area contributed by atoms with Gasteiger partial charge >= 0.3 is 0 Å². The van der Waals surface area contributed by atoms with Crippen LogP contribution >= 0.6 is 0 Å². The van der Waals surface area contributed by atoms with E-state index in [2.05, 4.69) is 25.3 Å². The van der Waals surface area contributed by atoms with Crippen LogP contribution in [0.1, 0.15) is 10.4 Å². The predicted molar refractivity (Wildman–Crippen MR) is 121 cm³/mol. The van der Waals surface area contributed by atoms with Crippen LogP contribution in [0.4, 0.5) is 23.3 Å². The van der Waals surface area contributed by atoms with Gasteiger partial charge in [0.2, 0.25) is 11.9 Å². The molecule has 0 atom stereocenters. The van der Waals surface area contributed by atoms with Crippen LogP contribution in [0.15, 0.2) is 36.5 Å². The number of aromatic nitrogens is 4. The average molecular weight is 438 g/mol. The number of hydrogen-bond acceptors (Lipinski definition) is 9. The van der Waals surface area contributed by atoms with E-state index in [1.807, 2.05) is 18.2 Å². The highest BCUT2D eigenvalue weighted by atomic mass is 16.5. The van der Waals surface area contributed by atoms with Crippen LogP contribution in [0.3, 0.4) is 0 Å². The molecule has 1 fully saturated rings. The number of methoxy groups -OCH3 is 1. The van der Waals surface area contributed by atoms with E-state index in [1.165, 1.54) is 15.8 Å². The molecule has 1 aliphatic rings. The van der Waals surface area contributed by atoms with Gasteiger partial charge in [-0.2, -0.15) is 9.67 Å². The Bertz CT molecular complexity index is 1090. The monoisotopic (exact) mass is 438 g/mol. The Kier molecular flexibility index (Phi) is 6.08. The molecule has 1 saturated heterocycles. The number of carbonyl (C=O) groups is 1. The molecule has 3 heterocycles. The van der Waals surface area contributed by atoms with Crippen molar-refractivity contribution in [1.29, 1.82) is 0 Å². The number of nitrogen functional groups attached to an aromatic ring is 1. The maximum absolute atomic E-state index is 12.0. The van der Waals surface area contributed by atoms with Crippen molar-refractivity contribution in [2.45, 2.75) is 0 Å². The molecule has 0 unspecified atom stereocenters. The van der Waals surface area contributed by atoms with Gasteiger partial charge in [-0.05, 0) is 24.3 Å². The summed E-state index contributed by atoms with van der Waals surface area (Å²) in [5.41, 5.74) is 8.29. The second-order valence-corrected chi connectivity index (χ2v) is 7.42. The lowest BCUT2D eigenvalue weighted by molar-refractivity contribution is 0.0827. The second kappa shape index (κ2) is 9.10. The molecule has 2 aromatic heterocycles. The van der Waals surface area contributed by atoms with E-state index in [0.717, 1.165) is 18.8 Å². The molecule has 0 radical (unpaired) electrons. The number of nitrogens with one attached hydrogen (secondary N) is 1. The summed E-state index contributed by atoms with van der Waals surface area (Å²) in [5.74, 6) is 1.44. The number of hydrogen-bond donors (Lipinski definition) is 2. The normalized spacial score (nSPS) is 13.7. The molecule has 0 bridgehead atoms. The Balaban J connectivity index is 1.53. The molecule has 3 aromatic rings. The second-order valence-electron chi connectivity index (χ2n) is 7.42. The van der Waals surface area contributed by atoms with Gasteiger partial charge in [0.1, 0.15) is 5.75 Å². The molecule has 32 heavy (non-hydrogen) atoms. The van der Waals surface area contributed by atoms with E-state index < -0.39 is 0 Å². The number of benzene rings is 1. The number of pyridine rings is 1. The zero-order chi connectivity index (χ0) is 22.7. The molecule has 11 heteroatoms. The van der Waals surface area contributed by atoms with Gasteiger partial charge in [0, 0.05) is 45.1 Å². The summed E-state index contributed by atoms with van der Waals surface area (Å²) in [7, 11) is 4.99. The average Bonchev–Trinajstić information content (AvgIpc) is 3.19. The molecule has 1 amide bonds. The van der Waals surface area contributed by atoms with Crippen LogP contribution in [0.25, 0.3) is 5.82 Å². The Morgan fingerprint density at radius 1 is 1.22 bits per heavy atom. The summed E-state index contributed by atoms with van der Waals surface area (Å²) < 4.78 is 12.4. The van der Waals surface area contributed by atoms with Gasteiger partial charge in [-0.3, -0.25) is 4.79 Å². The van der Waals surface area contributed by atoms with Crippen LogP contribution in [-0.4, -0.2) is 78.1 Å². The number of rotatable bonds is 6. The van der Waals surface area contributed by atoms with E-state index in [9.17, 15) is 4.79 Å². The van der Waals surface area contributed by atoms with Crippen molar-refractivity contribution in [2.24, 2.45) is 0 Å². The number of anilines is 4. The van der Waals surface area contributed by atoms with Crippen molar-refractivity contribution in [1.82, 2.24) is 24.6 Å². The highest BCUT2D eigenvalue weighted by Gasteiger charge is 2.16. The van der Waals surface area contributed by atoms with Crippen LogP contribution in [-0.2, 0) is 4.74 Å². The van der Waals surface area contributed by atoms with E-state index in [0.29, 0.717) is 42.0 Å². The van der Waals surface area contributed by atoms with Crippen LogP contribution in [0, 0.1) is 0 Å². The third-order valence-electron chi connectivity index (χ3n) is 5.06. The molecule has 0 spiro atoms. The Morgan fingerprint density at radius 3 is 2.66 bits per heavy atom. The first-order valence-electron chi connectivity index (χ1n) is 10.1. The molecule has 168 valence electrons. The molecule has 1 aromatic carbocycles. The smallest absolute Gasteiger partial charge is 0.254 e. The fourth-order valence-corrected chi connectivity index (χ4v) is 3.36. The van der Waals surface area contributed by atoms with Gasteiger partial charge in [-0.1, -0.05) is 0 Å². The molecule has 3 N–H and O–H groups in total. The molecular weight excluding hydrogens is 412 g/mol. The Hall–Kier alpha value is -3.86. The molecule has 0 aliphatic carbocycles. The van der Waals surface area contributed by atoms with Crippen LogP contribution in [0.2, 0.25) is 0 Å². The lowest BCUT2D eigenvalue weighted by Gasteiger charge is -2.29. The van der Waals surface area contributed by atoms with Crippen molar-refractivity contribution in [3.63, 3.8) is 0 Å². The minimum Gasteiger partial charge on any atom is -0.494 e. The topological polar surface area (TPSA) is 124 Å². The fourth-order valence-electron chi connectivity index (χ4n) is 3.36. The summed E-state index contributed by atoms with van der Waals surface area (Å²) in [6.45, 7) is 3.09. The van der Waals surface area contributed by atoms with Gasteiger partial charge in [-0.25, -0.2) is 4.98 Å². The van der Waals surface area contributed by atoms with Crippen molar-refractivity contribution >= 4 is 29.2 Å². The maximum atomic E-state index is 12.0. The van der Waals surface area contributed by atoms with E-state index in [1.54, 1.807) is 33.3 Å². The predicted octanol–water partition coefficient (Wildman–Crippen LogP) is 1.54. The number of amides is 1. The summed E-state index contributed by atoms with van der Waals surface area (Å²) in [6.07, 6.45) is 1.49. The SMILES string of the molecule is COc1cc(N2CCOCC2)ccc1Nc1nc(N)n(-c2ccc(C(=O)N(C)C)cn2)n1. The Morgan fingerprint density at radius 2 is 2.00 bits per heavy atom. The van der Waals surface area contributed by atoms with Crippen molar-refractivity contribution in [3.8, 4) is 11.6 Å². The summed E-state index contributed by atoms with van der Waals surface area (Å²) in [6, 6.07) is 9.24. The number of ether oxygens (including phenoxy) is 2. The third kappa shape index (κ3) is 4.42. The van der Waals surface area contributed by atoms with E-state index >= 15 is 0 Å². The zero-order valence-corrected chi connectivity index (χ0v) is 18.3. The minimum atomic E-state index is -0.134. The summed E-state index contributed by atoms with van der Waals surface area (Å²) in [5, 5.41) is 7.55. The third-order valence-corrected chi connectivity index (χ3v) is 5.06. The lowest BCUT2D eigenvalue weighted by Crippen LogP contribution is -2.36. The summed E-state index contributed by atoms with van der Waals surface area (Å²) in [4.78, 5) is 24.4. The fraction of sp³-hybridized carbons (Fsp3) is 0.333. The number of morpholine rings is 1. The van der Waals surface area contributed by atoms with Gasteiger partial charge in [0.05, 0.1) is 31.6 Å². The first kappa shape index (κ1) is 21.4. The first-order chi connectivity index (χ1) is 15.5. The molecular formula is C21H26N8O3. The first-order valence-corrected chi connectivity index (χ1v) is 10.1. The highest BCUT2D eigenvalue weighted by molar-refractivity contribution is 5.93. The van der Waals surface area contributed by atoms with Crippen molar-refractivity contribution < 1.29 is 14.3 Å². The van der Waals surface area contributed by atoms with Crippen LogP contribution < -0.4 is 20.7 Å². The largest absolute Gasteiger partial charge is 0.494 e. The highest BCUT2D eigenvalue weighted by Crippen LogP contribution is 2.32. The minimum absolute atomic E-state index is 0.134. The van der Waals surface area contributed by atoms with Crippen molar-refractivity contribution in [3.05, 3.63) is 42.1 Å². The van der Waals surface area contributed by atoms with Gasteiger partial charge in [0.15, 0.2) is 5.82 Å². The summed E-state index contributed by atoms with van der Waals surface area (Å²) >= 11 is 0. The number of carbonyl (C=O) groups excluding carboxylic acids is 1. The zero-order valence-electron chi connectivity index (χ0n) is 18.3. The standard InChI is InChI=1S/C21H26N8O3/c1-27(2)19(30)14-4-7-18(23-13-14)29-20(22)25-21(26-29)24-16-6-5-15(12-17(16)31-3)28-8-10-32-11-9-28/h4-7,12-13H,8-11H2,1-3H3,(H3,22,24,25,26). The lowest BCUT2D eigenvalue weighted by atomic mass is 10.2. The Labute approximate surface area is 185 Å². The van der Waals surface area contributed by atoms with Gasteiger partial charge in [-0.15, -0.1) is 5.10 Å². The quantitative estimate of drug-likeness (QED) is 0.590. The van der Waals surface area contributed by atoms with Crippen molar-refractivity contribution in [2.75, 3.05) is 63.5 Å². The number of nitrogens with zero attached hydrogens (tertiary/aromatic N) is 6.